The Hall–Kier alpha value is -3.71. The molecule has 0 saturated carbocycles. The molecular weight excluding hydrogens is 465 g/mol. The molecule has 0 aromatic heterocycles. The van der Waals surface area contributed by atoms with Crippen LogP contribution in [0.25, 0.3) is 5.57 Å². The lowest BCUT2D eigenvalue weighted by atomic mass is 9.76. The summed E-state index contributed by atoms with van der Waals surface area (Å²) >= 11 is 0. The lowest BCUT2D eigenvalue weighted by molar-refractivity contribution is -0.118. The topological polar surface area (TPSA) is 72.5 Å². The van der Waals surface area contributed by atoms with Crippen molar-refractivity contribution in [3.63, 3.8) is 0 Å². The molecule has 1 aliphatic rings. The SMILES string of the molecule is CCS(=O)(=O)c1ccc(C2(Oc3cccc(F)c3)CC(NC(C)=O)=CC=C2c2ccccc2)cc1. The highest BCUT2D eigenvalue weighted by atomic mass is 32.2. The van der Waals surface area contributed by atoms with Crippen LogP contribution in [0.4, 0.5) is 4.39 Å². The Balaban J connectivity index is 1.93. The molecule has 0 aliphatic heterocycles. The molecule has 0 saturated heterocycles. The number of amides is 1. The standard InChI is InChI=1S/C28H26FNO4S/c1-3-35(32,33)26-15-12-22(13-16-26)28(34-25-11-7-10-23(29)18-25)19-24(30-20(2)31)14-17-27(28)21-8-5-4-6-9-21/h4-18H,3,19H2,1-2H3,(H,30,31). The van der Waals surface area contributed by atoms with Gasteiger partial charge in [-0.05, 0) is 35.9 Å². The van der Waals surface area contributed by atoms with Crippen LogP contribution in [0.1, 0.15) is 31.4 Å². The zero-order valence-corrected chi connectivity index (χ0v) is 20.3. The number of carbonyl (C=O) groups excluding carboxylic acids is 1. The van der Waals surface area contributed by atoms with E-state index in [1.54, 1.807) is 43.3 Å². The summed E-state index contributed by atoms with van der Waals surface area (Å²) in [6, 6.07) is 22.0. The minimum Gasteiger partial charge on any atom is -0.477 e. The van der Waals surface area contributed by atoms with E-state index in [1.807, 2.05) is 42.5 Å². The molecule has 3 aromatic rings. The van der Waals surface area contributed by atoms with E-state index in [1.165, 1.54) is 19.1 Å². The molecule has 4 rings (SSSR count). The first kappa shape index (κ1) is 24.4. The second kappa shape index (κ2) is 9.88. The van der Waals surface area contributed by atoms with Crippen LogP contribution in [-0.2, 0) is 20.2 Å². The number of allylic oxidation sites excluding steroid dienone is 2. The van der Waals surface area contributed by atoms with Crippen molar-refractivity contribution in [3.8, 4) is 5.75 Å². The highest BCUT2D eigenvalue weighted by molar-refractivity contribution is 7.91. The number of benzene rings is 3. The number of nitrogens with one attached hydrogen (secondary N) is 1. The molecule has 1 amide bonds. The van der Waals surface area contributed by atoms with E-state index in [-0.39, 0.29) is 23.0 Å². The van der Waals surface area contributed by atoms with Crippen molar-refractivity contribution in [1.82, 2.24) is 5.32 Å². The summed E-state index contributed by atoms with van der Waals surface area (Å²) in [6.07, 6.45) is 3.94. The van der Waals surface area contributed by atoms with Crippen molar-refractivity contribution in [1.29, 1.82) is 0 Å². The fourth-order valence-electron chi connectivity index (χ4n) is 4.24. The van der Waals surface area contributed by atoms with E-state index in [4.69, 9.17) is 4.74 Å². The van der Waals surface area contributed by atoms with Gasteiger partial charge in [0.15, 0.2) is 15.4 Å². The van der Waals surface area contributed by atoms with Gasteiger partial charge in [-0.15, -0.1) is 0 Å². The van der Waals surface area contributed by atoms with E-state index < -0.39 is 21.3 Å². The minimum absolute atomic E-state index is 0.0120. The first-order valence-corrected chi connectivity index (χ1v) is 12.9. The highest BCUT2D eigenvalue weighted by Gasteiger charge is 2.42. The number of halogens is 1. The van der Waals surface area contributed by atoms with Crippen LogP contribution in [0.3, 0.4) is 0 Å². The van der Waals surface area contributed by atoms with Gasteiger partial charge in [0.1, 0.15) is 11.6 Å². The summed E-state index contributed by atoms with van der Waals surface area (Å²) in [5, 5.41) is 2.85. The van der Waals surface area contributed by atoms with E-state index in [0.29, 0.717) is 17.0 Å². The maximum absolute atomic E-state index is 14.1. The van der Waals surface area contributed by atoms with Gasteiger partial charge >= 0.3 is 0 Å². The lowest BCUT2D eigenvalue weighted by Gasteiger charge is -2.40. The second-order valence-electron chi connectivity index (χ2n) is 8.31. The molecule has 0 fully saturated rings. The van der Waals surface area contributed by atoms with Gasteiger partial charge < -0.3 is 10.1 Å². The quantitative estimate of drug-likeness (QED) is 0.480. The normalized spacial score (nSPS) is 17.8. The third kappa shape index (κ3) is 5.20. The van der Waals surface area contributed by atoms with E-state index >= 15 is 0 Å². The van der Waals surface area contributed by atoms with Crippen LogP contribution in [-0.4, -0.2) is 20.1 Å². The van der Waals surface area contributed by atoms with Crippen molar-refractivity contribution >= 4 is 21.3 Å². The van der Waals surface area contributed by atoms with E-state index in [2.05, 4.69) is 5.32 Å². The fourth-order valence-corrected chi connectivity index (χ4v) is 5.12. The predicted molar refractivity (Wildman–Crippen MR) is 134 cm³/mol. The summed E-state index contributed by atoms with van der Waals surface area (Å²) in [5.41, 5.74) is 1.80. The van der Waals surface area contributed by atoms with Crippen molar-refractivity contribution in [2.45, 2.75) is 30.8 Å². The maximum Gasteiger partial charge on any atom is 0.220 e. The molecule has 0 spiro atoms. The van der Waals surface area contributed by atoms with Gasteiger partial charge in [0.2, 0.25) is 5.91 Å². The van der Waals surface area contributed by atoms with Crippen LogP contribution < -0.4 is 10.1 Å². The van der Waals surface area contributed by atoms with Gasteiger partial charge in [-0.1, -0.05) is 61.5 Å². The summed E-state index contributed by atoms with van der Waals surface area (Å²) in [6.45, 7) is 3.02. The first-order valence-electron chi connectivity index (χ1n) is 11.3. The Labute approximate surface area is 204 Å². The lowest BCUT2D eigenvalue weighted by Crippen LogP contribution is -2.39. The molecule has 1 aliphatic carbocycles. The number of rotatable bonds is 7. The van der Waals surface area contributed by atoms with Crippen molar-refractivity contribution in [3.05, 3.63) is 114 Å². The molecule has 0 heterocycles. The number of hydrogen-bond acceptors (Lipinski definition) is 4. The Morgan fingerprint density at radius 3 is 2.34 bits per heavy atom. The van der Waals surface area contributed by atoms with Gasteiger partial charge in [0.05, 0.1) is 10.6 Å². The van der Waals surface area contributed by atoms with Crippen molar-refractivity contribution < 1.29 is 22.3 Å². The Morgan fingerprint density at radius 1 is 1.00 bits per heavy atom. The molecule has 1 N–H and O–H groups in total. The second-order valence-corrected chi connectivity index (χ2v) is 10.6. The molecule has 0 radical (unpaired) electrons. The van der Waals surface area contributed by atoms with Crippen LogP contribution >= 0.6 is 0 Å². The molecule has 35 heavy (non-hydrogen) atoms. The number of hydrogen-bond donors (Lipinski definition) is 1. The molecular formula is C28H26FNO4S. The number of ether oxygens (including phenoxy) is 1. The van der Waals surface area contributed by atoms with Crippen molar-refractivity contribution in [2.24, 2.45) is 0 Å². The summed E-state index contributed by atoms with van der Waals surface area (Å²) in [7, 11) is -3.40. The number of sulfone groups is 1. The van der Waals surface area contributed by atoms with E-state index in [0.717, 1.165) is 11.1 Å². The Morgan fingerprint density at radius 2 is 1.71 bits per heavy atom. The maximum atomic E-state index is 14.1. The third-order valence-corrected chi connectivity index (χ3v) is 7.65. The summed E-state index contributed by atoms with van der Waals surface area (Å²) in [4.78, 5) is 12.1. The van der Waals surface area contributed by atoms with Gasteiger partial charge in [-0.2, -0.15) is 0 Å². The zero-order valence-electron chi connectivity index (χ0n) is 19.5. The van der Waals surface area contributed by atoms with Gasteiger partial charge in [0.25, 0.3) is 0 Å². The zero-order chi connectivity index (χ0) is 25.1. The highest BCUT2D eigenvalue weighted by Crippen LogP contribution is 2.47. The minimum atomic E-state index is -3.40. The van der Waals surface area contributed by atoms with Crippen LogP contribution in [0.5, 0.6) is 5.75 Å². The summed E-state index contributed by atoms with van der Waals surface area (Å²) in [5.74, 6) is -0.374. The van der Waals surface area contributed by atoms with Gasteiger partial charge in [-0.25, -0.2) is 12.8 Å². The van der Waals surface area contributed by atoms with Crippen LogP contribution in [0.2, 0.25) is 0 Å². The fraction of sp³-hybridized carbons (Fsp3) is 0.179. The molecule has 3 aromatic carbocycles. The average molecular weight is 492 g/mol. The van der Waals surface area contributed by atoms with E-state index in [9.17, 15) is 17.6 Å². The Kier molecular flexibility index (Phi) is 6.89. The molecule has 1 atom stereocenters. The average Bonchev–Trinajstić information content (AvgIpc) is 2.84. The first-order chi connectivity index (χ1) is 16.7. The third-order valence-electron chi connectivity index (χ3n) is 5.89. The van der Waals surface area contributed by atoms with Gasteiger partial charge in [0, 0.05) is 36.2 Å². The smallest absolute Gasteiger partial charge is 0.220 e. The van der Waals surface area contributed by atoms with Gasteiger partial charge in [-0.3, -0.25) is 4.79 Å². The Bertz CT molecular complexity index is 1400. The predicted octanol–water partition coefficient (Wildman–Crippen LogP) is 5.40. The molecule has 0 bridgehead atoms. The molecule has 180 valence electrons. The largest absolute Gasteiger partial charge is 0.477 e. The molecule has 1 unspecified atom stereocenters. The van der Waals surface area contributed by atoms with Crippen LogP contribution in [0, 0.1) is 5.82 Å². The number of carbonyl (C=O) groups is 1. The summed E-state index contributed by atoms with van der Waals surface area (Å²) < 4.78 is 45.5. The van der Waals surface area contributed by atoms with Crippen LogP contribution in [0.15, 0.2) is 102 Å². The molecule has 5 nitrogen and oxygen atoms in total. The monoisotopic (exact) mass is 491 g/mol. The molecule has 7 heteroatoms. The van der Waals surface area contributed by atoms with Crippen molar-refractivity contribution in [2.75, 3.05) is 5.75 Å².